The topological polar surface area (TPSA) is 92.3 Å². The second-order valence-electron chi connectivity index (χ2n) is 5.15. The lowest BCUT2D eigenvalue weighted by molar-refractivity contribution is -0.117. The number of rotatable bonds is 7. The molecule has 2 aromatic rings. The summed E-state index contributed by atoms with van der Waals surface area (Å²) in [5, 5.41) is 11.2. The number of hydrogen-bond acceptors (Lipinski definition) is 7. The Hall–Kier alpha value is -1.07. The molecule has 0 saturated heterocycles. The molecule has 0 fully saturated rings. The van der Waals surface area contributed by atoms with E-state index in [1.165, 1.54) is 41.3 Å². The van der Waals surface area contributed by atoms with E-state index in [0.29, 0.717) is 14.5 Å². The zero-order valence-corrected chi connectivity index (χ0v) is 18.0. The first-order valence-electron chi connectivity index (χ1n) is 7.30. The molecule has 142 valence electrons. The van der Waals surface area contributed by atoms with E-state index in [1.54, 1.807) is 6.92 Å². The Kier molecular flexibility index (Phi) is 7.14. The maximum Gasteiger partial charge on any atom is 0.250 e. The summed E-state index contributed by atoms with van der Waals surface area (Å²) in [6, 6.07) is 3.42. The Bertz CT molecular complexity index is 905. The number of sulfonamides is 1. The highest BCUT2D eigenvalue weighted by molar-refractivity contribution is 8.00. The van der Waals surface area contributed by atoms with Gasteiger partial charge in [0.1, 0.15) is 6.04 Å². The summed E-state index contributed by atoms with van der Waals surface area (Å²) in [5.41, 5.74) is 0.256. The molecule has 0 radical (unpaired) electrons. The number of carbonyl (C=O) groups excluding carboxylic acids is 1. The molecule has 0 aliphatic rings. The van der Waals surface area contributed by atoms with Crippen LogP contribution in [0.1, 0.15) is 13.3 Å². The number of hydrogen-bond donors (Lipinski definition) is 1. The number of amides is 1. The molecule has 1 N–H and O–H groups in total. The van der Waals surface area contributed by atoms with Crippen LogP contribution in [0, 0.1) is 0 Å². The number of thioether (sulfide) groups is 1. The Morgan fingerprint density at radius 2 is 2.04 bits per heavy atom. The second-order valence-corrected chi connectivity index (χ2v) is 9.85. The van der Waals surface area contributed by atoms with Crippen LogP contribution in [0.5, 0.6) is 0 Å². The Morgan fingerprint density at radius 1 is 1.35 bits per heavy atom. The molecule has 0 unspecified atom stereocenters. The summed E-state index contributed by atoms with van der Waals surface area (Å²) in [7, 11) is -3.76. The molecule has 0 aliphatic heterocycles. The van der Waals surface area contributed by atoms with Crippen molar-refractivity contribution in [3.05, 3.63) is 28.2 Å². The SMILES string of the molecule is CC[C@H](C(=O)Nc1nnc(SC)s1)N(c1ccc(Cl)c(Cl)c1)S(C)(=O)=O. The van der Waals surface area contributed by atoms with Gasteiger partial charge in [0.05, 0.1) is 22.0 Å². The molecule has 1 aromatic heterocycles. The average Bonchev–Trinajstić information content (AvgIpc) is 3.01. The molecule has 1 amide bonds. The summed E-state index contributed by atoms with van der Waals surface area (Å²) >= 11 is 14.5. The lowest BCUT2D eigenvalue weighted by Crippen LogP contribution is -2.47. The number of halogens is 2. The molecule has 0 spiro atoms. The van der Waals surface area contributed by atoms with E-state index in [0.717, 1.165) is 10.6 Å². The van der Waals surface area contributed by atoms with Gasteiger partial charge in [-0.05, 0) is 30.9 Å². The van der Waals surface area contributed by atoms with Crippen LogP contribution in [0.3, 0.4) is 0 Å². The fourth-order valence-electron chi connectivity index (χ4n) is 2.21. The van der Waals surface area contributed by atoms with Gasteiger partial charge in [0.25, 0.3) is 0 Å². The summed E-state index contributed by atoms with van der Waals surface area (Å²) < 4.78 is 26.5. The average molecular weight is 455 g/mol. The third kappa shape index (κ3) is 5.01. The maximum atomic E-state index is 12.7. The second kappa shape index (κ2) is 8.75. The van der Waals surface area contributed by atoms with E-state index >= 15 is 0 Å². The first-order chi connectivity index (χ1) is 12.2. The van der Waals surface area contributed by atoms with Gasteiger partial charge in [0.15, 0.2) is 4.34 Å². The molecule has 1 atom stereocenters. The largest absolute Gasteiger partial charge is 0.299 e. The van der Waals surface area contributed by atoms with Crippen LogP contribution < -0.4 is 9.62 Å². The summed E-state index contributed by atoms with van der Waals surface area (Å²) in [6.45, 7) is 1.72. The van der Waals surface area contributed by atoms with Crippen molar-refractivity contribution >= 4 is 73.0 Å². The smallest absolute Gasteiger partial charge is 0.250 e. The number of benzene rings is 1. The Morgan fingerprint density at radius 3 is 2.54 bits per heavy atom. The molecule has 0 aliphatic carbocycles. The van der Waals surface area contributed by atoms with Crippen LogP contribution in [0.25, 0.3) is 0 Å². The van der Waals surface area contributed by atoms with Crippen molar-refractivity contribution in [1.29, 1.82) is 0 Å². The van der Waals surface area contributed by atoms with Gasteiger partial charge >= 0.3 is 0 Å². The van der Waals surface area contributed by atoms with Crippen LogP contribution in [0.2, 0.25) is 10.0 Å². The van der Waals surface area contributed by atoms with E-state index in [1.807, 2.05) is 6.26 Å². The first kappa shape index (κ1) is 21.2. The predicted octanol–water partition coefficient (Wildman–Crippen LogP) is 3.75. The van der Waals surface area contributed by atoms with Gasteiger partial charge in [-0.3, -0.25) is 14.4 Å². The molecule has 7 nitrogen and oxygen atoms in total. The van der Waals surface area contributed by atoms with Gasteiger partial charge in [-0.25, -0.2) is 8.42 Å². The highest BCUT2D eigenvalue weighted by Crippen LogP contribution is 2.31. The lowest BCUT2D eigenvalue weighted by Gasteiger charge is -2.30. The van der Waals surface area contributed by atoms with Crippen molar-refractivity contribution in [2.45, 2.75) is 23.7 Å². The number of nitrogens with zero attached hydrogens (tertiary/aromatic N) is 3. The van der Waals surface area contributed by atoms with Gasteiger partial charge in [0.2, 0.25) is 21.1 Å². The standard InChI is InChI=1S/C14H16Cl2N4O3S3/c1-4-11(12(21)17-13-18-19-14(24-2)25-13)20(26(3,22)23)8-5-6-9(15)10(16)7-8/h5-7,11H,4H2,1-3H3,(H,17,18,21)/t11-/m1/s1. The lowest BCUT2D eigenvalue weighted by atomic mass is 10.2. The van der Waals surface area contributed by atoms with Crippen LogP contribution in [-0.4, -0.2) is 43.1 Å². The minimum atomic E-state index is -3.76. The van der Waals surface area contributed by atoms with E-state index in [-0.39, 0.29) is 17.1 Å². The van der Waals surface area contributed by atoms with E-state index in [2.05, 4.69) is 15.5 Å². The van der Waals surface area contributed by atoms with Gasteiger partial charge in [0, 0.05) is 0 Å². The summed E-state index contributed by atoms with van der Waals surface area (Å²) in [4.78, 5) is 12.7. The Labute approximate surface area is 170 Å². The molecule has 26 heavy (non-hydrogen) atoms. The zero-order chi connectivity index (χ0) is 19.5. The summed E-state index contributed by atoms with van der Waals surface area (Å²) in [5.74, 6) is -0.507. The quantitative estimate of drug-likeness (QED) is 0.505. The molecular weight excluding hydrogens is 439 g/mol. The minimum absolute atomic E-state index is 0.196. The van der Waals surface area contributed by atoms with E-state index < -0.39 is 22.0 Å². The molecular formula is C14H16Cl2N4O3S3. The van der Waals surface area contributed by atoms with Crippen molar-refractivity contribution in [2.75, 3.05) is 22.1 Å². The van der Waals surface area contributed by atoms with Crippen LogP contribution >= 0.6 is 46.3 Å². The van der Waals surface area contributed by atoms with Crippen molar-refractivity contribution in [2.24, 2.45) is 0 Å². The third-order valence-electron chi connectivity index (χ3n) is 3.30. The number of aromatic nitrogens is 2. The molecule has 1 heterocycles. The van der Waals surface area contributed by atoms with Gasteiger partial charge in [-0.1, -0.05) is 53.2 Å². The van der Waals surface area contributed by atoms with Crippen molar-refractivity contribution in [1.82, 2.24) is 10.2 Å². The summed E-state index contributed by atoms with van der Waals surface area (Å²) in [6.07, 6.45) is 3.12. The van der Waals surface area contributed by atoms with Gasteiger partial charge in [-0.2, -0.15) is 0 Å². The number of nitrogens with one attached hydrogen (secondary N) is 1. The van der Waals surface area contributed by atoms with Crippen LogP contribution in [0.15, 0.2) is 22.5 Å². The first-order valence-corrected chi connectivity index (χ1v) is 11.9. The van der Waals surface area contributed by atoms with Crippen LogP contribution in [-0.2, 0) is 14.8 Å². The normalized spacial score (nSPS) is 12.7. The van der Waals surface area contributed by atoms with E-state index in [9.17, 15) is 13.2 Å². The molecule has 0 bridgehead atoms. The van der Waals surface area contributed by atoms with Crippen molar-refractivity contribution in [3.8, 4) is 0 Å². The minimum Gasteiger partial charge on any atom is -0.299 e. The third-order valence-corrected chi connectivity index (χ3v) is 7.03. The molecule has 1 aromatic carbocycles. The van der Waals surface area contributed by atoms with Crippen molar-refractivity contribution in [3.63, 3.8) is 0 Å². The predicted molar refractivity (Wildman–Crippen MR) is 108 cm³/mol. The zero-order valence-electron chi connectivity index (χ0n) is 14.1. The molecule has 12 heteroatoms. The molecule has 2 rings (SSSR count). The highest BCUT2D eigenvalue weighted by atomic mass is 35.5. The van der Waals surface area contributed by atoms with Gasteiger partial charge < -0.3 is 0 Å². The van der Waals surface area contributed by atoms with Gasteiger partial charge in [-0.15, -0.1) is 10.2 Å². The van der Waals surface area contributed by atoms with Crippen LogP contribution in [0.4, 0.5) is 10.8 Å². The molecule has 0 saturated carbocycles. The number of carbonyl (C=O) groups is 1. The fraction of sp³-hybridized carbons (Fsp3) is 0.357. The monoisotopic (exact) mass is 454 g/mol. The fourth-order valence-corrected chi connectivity index (χ4v) is 4.88. The highest BCUT2D eigenvalue weighted by Gasteiger charge is 2.32. The van der Waals surface area contributed by atoms with Crippen molar-refractivity contribution < 1.29 is 13.2 Å². The Balaban J connectivity index is 2.37. The number of anilines is 2. The maximum absolute atomic E-state index is 12.7. The van der Waals surface area contributed by atoms with E-state index in [4.69, 9.17) is 23.2 Å².